The highest BCUT2D eigenvalue weighted by atomic mass is 16.5. The van der Waals surface area contributed by atoms with E-state index in [-0.39, 0.29) is 0 Å². The molecule has 0 spiro atoms. The molecule has 0 amide bonds. The smallest absolute Gasteiger partial charge is 0.424 e. The highest BCUT2D eigenvalue weighted by Crippen LogP contribution is 2.12. The van der Waals surface area contributed by atoms with Gasteiger partial charge in [0.1, 0.15) is 5.75 Å². The van der Waals surface area contributed by atoms with Crippen LogP contribution in [0, 0.1) is 0 Å². The van der Waals surface area contributed by atoms with Gasteiger partial charge in [0.05, 0.1) is 18.1 Å². The first-order valence-electron chi connectivity index (χ1n) is 5.72. The maximum Gasteiger partial charge on any atom is 0.424 e. The van der Waals surface area contributed by atoms with Crippen molar-refractivity contribution in [2.24, 2.45) is 0 Å². The lowest BCUT2D eigenvalue weighted by molar-refractivity contribution is 0.414. The van der Waals surface area contributed by atoms with E-state index in [1.165, 1.54) is 4.57 Å². The summed E-state index contributed by atoms with van der Waals surface area (Å²) in [4.78, 5) is 11.8. The third kappa shape index (κ3) is 2.09. The molecule has 4 nitrogen and oxygen atoms in total. The van der Waals surface area contributed by atoms with Gasteiger partial charge in [-0.15, -0.1) is 0 Å². The Morgan fingerprint density at radius 1 is 1.39 bits per heavy atom. The molecule has 18 heavy (non-hydrogen) atoms. The fraction of sp³-hybridized carbons (Fsp3) is 0.214. The van der Waals surface area contributed by atoms with Gasteiger partial charge >= 0.3 is 5.76 Å². The van der Waals surface area contributed by atoms with Gasteiger partial charge in [-0.3, -0.25) is 0 Å². The average Bonchev–Trinajstić information content (AvgIpc) is 2.65. The van der Waals surface area contributed by atoms with Gasteiger partial charge in [0, 0.05) is 0 Å². The molecule has 1 heterocycles. The first kappa shape index (κ1) is 12.2. The van der Waals surface area contributed by atoms with Crippen molar-refractivity contribution >= 4 is 12.7 Å². The summed E-state index contributed by atoms with van der Waals surface area (Å²) < 4.78 is 11.7. The topological polar surface area (TPSA) is 44.4 Å². The average molecular weight is 245 g/mol. The standard InChI is InChI=1S/C14H15NO3/c1-4-5-13-10(2)15(14(16)18-13)11-6-8-12(17-3)9-7-11/h5-9H,2,4H2,1,3H3/b13-5+. The Labute approximate surface area is 104 Å². The monoisotopic (exact) mass is 245 g/mol. The van der Waals surface area contributed by atoms with E-state index in [0.717, 1.165) is 12.2 Å². The molecule has 4 heteroatoms. The van der Waals surface area contributed by atoms with Crippen molar-refractivity contribution < 1.29 is 9.15 Å². The van der Waals surface area contributed by atoms with E-state index in [4.69, 9.17) is 9.15 Å². The highest BCUT2D eigenvalue weighted by Gasteiger charge is 2.06. The Bertz CT molecular complexity index is 692. The fourth-order valence-electron chi connectivity index (χ4n) is 1.76. The Morgan fingerprint density at radius 2 is 2.06 bits per heavy atom. The summed E-state index contributed by atoms with van der Waals surface area (Å²) in [7, 11) is 1.60. The number of aromatic nitrogens is 1. The molecule has 2 aromatic rings. The zero-order valence-electron chi connectivity index (χ0n) is 10.5. The third-order valence-corrected chi connectivity index (χ3v) is 2.65. The van der Waals surface area contributed by atoms with E-state index in [1.54, 1.807) is 31.4 Å². The lowest BCUT2D eigenvalue weighted by Gasteiger charge is -2.02. The molecule has 1 aromatic heterocycles. The van der Waals surface area contributed by atoms with Crippen LogP contribution in [0.25, 0.3) is 18.3 Å². The number of benzene rings is 1. The lowest BCUT2D eigenvalue weighted by Crippen LogP contribution is -2.29. The number of nitrogens with zero attached hydrogens (tertiary/aromatic N) is 1. The van der Waals surface area contributed by atoms with Crippen molar-refractivity contribution in [1.82, 2.24) is 4.57 Å². The Kier molecular flexibility index (Phi) is 3.37. The molecule has 94 valence electrons. The van der Waals surface area contributed by atoms with Crippen LogP contribution in [0.2, 0.25) is 0 Å². The molecule has 0 aliphatic carbocycles. The summed E-state index contributed by atoms with van der Waals surface area (Å²) in [6.07, 6.45) is 2.63. The van der Waals surface area contributed by atoms with Crippen LogP contribution in [0.1, 0.15) is 13.3 Å². The van der Waals surface area contributed by atoms with E-state index in [2.05, 4.69) is 6.58 Å². The maximum atomic E-state index is 11.8. The molecule has 0 unspecified atom stereocenters. The van der Waals surface area contributed by atoms with Gasteiger partial charge in [-0.2, -0.15) is 0 Å². The predicted molar refractivity (Wildman–Crippen MR) is 70.4 cm³/mol. The zero-order chi connectivity index (χ0) is 13.1. The SMILES string of the molecule is C=c1/c(=C\CC)oc(=O)n1-c1ccc(OC)cc1. The molecular formula is C14H15NO3. The number of methoxy groups -OCH3 is 1. The van der Waals surface area contributed by atoms with Crippen LogP contribution in [-0.2, 0) is 0 Å². The van der Waals surface area contributed by atoms with Crippen molar-refractivity contribution in [2.45, 2.75) is 13.3 Å². The maximum absolute atomic E-state index is 11.8. The Morgan fingerprint density at radius 3 is 2.61 bits per heavy atom. The summed E-state index contributed by atoms with van der Waals surface area (Å²) in [5.41, 5.74) is 1.24. The second kappa shape index (κ2) is 4.96. The van der Waals surface area contributed by atoms with Crippen LogP contribution in [0.15, 0.2) is 33.5 Å². The van der Waals surface area contributed by atoms with Crippen molar-refractivity contribution in [3.05, 3.63) is 45.6 Å². The summed E-state index contributed by atoms with van der Waals surface area (Å²) >= 11 is 0. The minimum atomic E-state index is -0.426. The van der Waals surface area contributed by atoms with Crippen molar-refractivity contribution in [2.75, 3.05) is 7.11 Å². The second-order valence-corrected chi connectivity index (χ2v) is 3.82. The van der Waals surface area contributed by atoms with Crippen LogP contribution in [0.4, 0.5) is 0 Å². The first-order valence-corrected chi connectivity index (χ1v) is 5.72. The minimum Gasteiger partial charge on any atom is -0.497 e. The van der Waals surface area contributed by atoms with Crippen LogP contribution >= 0.6 is 0 Å². The Balaban J connectivity index is 2.61. The molecule has 1 aromatic carbocycles. The van der Waals surface area contributed by atoms with Crippen LogP contribution in [0.5, 0.6) is 5.75 Å². The predicted octanol–water partition coefficient (Wildman–Crippen LogP) is 1.04. The van der Waals surface area contributed by atoms with Gasteiger partial charge in [-0.05, 0) is 36.8 Å². The second-order valence-electron chi connectivity index (χ2n) is 3.82. The summed E-state index contributed by atoms with van der Waals surface area (Å²) in [6.45, 7) is 5.86. The van der Waals surface area contributed by atoms with Crippen molar-refractivity contribution in [3.63, 3.8) is 0 Å². The number of ether oxygens (including phenoxy) is 1. The molecule has 0 aliphatic rings. The van der Waals surface area contributed by atoms with E-state index in [0.29, 0.717) is 16.5 Å². The van der Waals surface area contributed by atoms with Gasteiger partial charge in [0.2, 0.25) is 0 Å². The third-order valence-electron chi connectivity index (χ3n) is 2.65. The molecule has 0 radical (unpaired) electrons. The van der Waals surface area contributed by atoms with Crippen LogP contribution < -0.4 is 21.3 Å². The normalized spacial score (nSPS) is 11.8. The molecule has 2 rings (SSSR count). The largest absolute Gasteiger partial charge is 0.497 e. The van der Waals surface area contributed by atoms with Crippen LogP contribution in [-0.4, -0.2) is 11.7 Å². The zero-order valence-corrected chi connectivity index (χ0v) is 10.5. The summed E-state index contributed by atoms with van der Waals surface area (Å²) in [6, 6.07) is 7.16. The molecular weight excluding hydrogens is 230 g/mol. The number of oxazole rings is 1. The highest BCUT2D eigenvalue weighted by molar-refractivity contribution is 5.38. The first-order chi connectivity index (χ1) is 8.67. The molecule has 0 N–H and O–H groups in total. The lowest BCUT2D eigenvalue weighted by atomic mass is 10.3. The van der Waals surface area contributed by atoms with Gasteiger partial charge in [-0.1, -0.05) is 13.5 Å². The van der Waals surface area contributed by atoms with E-state index in [9.17, 15) is 4.79 Å². The summed E-state index contributed by atoms with van der Waals surface area (Å²) in [5, 5.41) is 0.562. The van der Waals surface area contributed by atoms with Crippen LogP contribution in [0.3, 0.4) is 0 Å². The molecule has 0 bridgehead atoms. The number of hydrogen-bond acceptors (Lipinski definition) is 3. The Hall–Kier alpha value is -2.23. The summed E-state index contributed by atoms with van der Waals surface area (Å²) in [5.74, 6) is 0.311. The van der Waals surface area contributed by atoms with Gasteiger partial charge in [-0.25, -0.2) is 9.36 Å². The van der Waals surface area contributed by atoms with E-state index >= 15 is 0 Å². The fourth-order valence-corrected chi connectivity index (χ4v) is 1.76. The van der Waals surface area contributed by atoms with Gasteiger partial charge < -0.3 is 9.15 Å². The van der Waals surface area contributed by atoms with Crippen molar-refractivity contribution in [1.29, 1.82) is 0 Å². The number of hydrogen-bond donors (Lipinski definition) is 0. The molecule has 0 saturated carbocycles. The minimum absolute atomic E-state index is 0.426. The molecule has 0 saturated heterocycles. The van der Waals surface area contributed by atoms with Gasteiger partial charge in [0.15, 0.2) is 5.42 Å². The molecule has 0 atom stereocenters. The quantitative estimate of drug-likeness (QED) is 0.811. The van der Waals surface area contributed by atoms with Gasteiger partial charge in [0.25, 0.3) is 0 Å². The van der Waals surface area contributed by atoms with E-state index < -0.39 is 5.76 Å². The number of rotatable bonds is 3. The van der Waals surface area contributed by atoms with Crippen molar-refractivity contribution in [3.8, 4) is 11.4 Å². The molecule has 0 aliphatic heterocycles. The van der Waals surface area contributed by atoms with E-state index in [1.807, 2.05) is 13.0 Å². The molecule has 0 fully saturated rings.